The Kier molecular flexibility index (Phi) is 10.6. The molecule has 0 amide bonds. The lowest BCUT2D eigenvalue weighted by Gasteiger charge is -2.25. The molecule has 1 nitrogen and oxygen atoms in total. The minimum absolute atomic E-state index is 0.984. The van der Waals surface area contributed by atoms with Crippen LogP contribution in [-0.4, -0.2) is 22.3 Å². The molecule has 0 heterocycles. The second-order valence-electron chi connectivity index (χ2n) is 5.44. The van der Waals surface area contributed by atoms with Gasteiger partial charge in [-0.15, -0.1) is 0 Å². The van der Waals surface area contributed by atoms with Crippen LogP contribution in [0, 0.1) is 0 Å². The first-order chi connectivity index (χ1) is 10.3. The van der Waals surface area contributed by atoms with E-state index in [4.69, 9.17) is 12.2 Å². The van der Waals surface area contributed by atoms with Crippen molar-refractivity contribution in [1.82, 2.24) is 4.90 Å². The van der Waals surface area contributed by atoms with E-state index >= 15 is 0 Å². The van der Waals surface area contributed by atoms with Crippen LogP contribution in [0.1, 0.15) is 57.9 Å². The van der Waals surface area contributed by atoms with Gasteiger partial charge >= 0.3 is 0 Å². The van der Waals surface area contributed by atoms with Gasteiger partial charge in [-0.05, 0) is 18.4 Å². The largest absolute Gasteiger partial charge is 0.358 e. The first kappa shape index (κ1) is 18.5. The van der Waals surface area contributed by atoms with Crippen molar-refractivity contribution in [2.45, 2.75) is 58.1 Å². The topological polar surface area (TPSA) is 3.24 Å². The number of rotatable bonds is 10. The number of benzene rings is 1. The van der Waals surface area contributed by atoms with Gasteiger partial charge in [0.25, 0.3) is 0 Å². The monoisotopic (exact) mass is 323 g/mol. The Hall–Kier alpha value is -0.540. The minimum Gasteiger partial charge on any atom is -0.358 e. The third kappa shape index (κ3) is 8.47. The zero-order valence-electron chi connectivity index (χ0n) is 13.5. The van der Waals surface area contributed by atoms with Crippen molar-refractivity contribution in [1.29, 1.82) is 0 Å². The van der Waals surface area contributed by atoms with Gasteiger partial charge in [0.05, 0.1) is 0 Å². The summed E-state index contributed by atoms with van der Waals surface area (Å²) in [5, 5.41) is 0. The van der Waals surface area contributed by atoms with E-state index in [1.54, 1.807) is 0 Å². The molecule has 118 valence electrons. The van der Waals surface area contributed by atoms with Gasteiger partial charge in [-0.3, -0.25) is 0 Å². The van der Waals surface area contributed by atoms with Gasteiger partial charge in [-0.2, -0.15) is 0 Å². The Morgan fingerprint density at radius 1 is 0.952 bits per heavy atom. The highest BCUT2D eigenvalue weighted by atomic mass is 32.2. The number of thioether (sulfide) groups is 1. The van der Waals surface area contributed by atoms with Crippen molar-refractivity contribution in [3.05, 3.63) is 35.9 Å². The van der Waals surface area contributed by atoms with Crippen LogP contribution < -0.4 is 0 Å². The summed E-state index contributed by atoms with van der Waals surface area (Å²) in [6, 6.07) is 10.6. The smallest absolute Gasteiger partial charge is 0.136 e. The zero-order valence-corrected chi connectivity index (χ0v) is 15.1. The highest BCUT2D eigenvalue weighted by Crippen LogP contribution is 2.18. The van der Waals surface area contributed by atoms with Crippen LogP contribution in [0.15, 0.2) is 30.3 Å². The number of hydrogen-bond donors (Lipinski definition) is 0. The summed E-state index contributed by atoms with van der Waals surface area (Å²) in [6.07, 6.45) is 7.66. The molecular formula is C18H29NS2. The first-order valence-electron chi connectivity index (χ1n) is 8.23. The number of unbranched alkanes of at least 4 members (excludes halogenated alkanes) is 4. The fourth-order valence-electron chi connectivity index (χ4n) is 2.21. The molecule has 0 aliphatic carbocycles. The van der Waals surface area contributed by atoms with Crippen LogP contribution in [0.3, 0.4) is 0 Å². The van der Waals surface area contributed by atoms with Crippen LogP contribution in [0.4, 0.5) is 0 Å². The van der Waals surface area contributed by atoms with E-state index in [1.807, 2.05) is 11.8 Å². The lowest BCUT2D eigenvalue weighted by atomic mass is 10.2. The van der Waals surface area contributed by atoms with Gasteiger partial charge in [0.15, 0.2) is 0 Å². The first-order valence-corrected chi connectivity index (χ1v) is 9.63. The average molecular weight is 324 g/mol. The van der Waals surface area contributed by atoms with Crippen molar-refractivity contribution >= 4 is 28.3 Å². The Labute approximate surface area is 140 Å². The summed E-state index contributed by atoms with van der Waals surface area (Å²) in [5.41, 5.74) is 1.35. The molecule has 0 radical (unpaired) electrons. The predicted molar refractivity (Wildman–Crippen MR) is 101 cm³/mol. The summed E-state index contributed by atoms with van der Waals surface area (Å²) >= 11 is 7.47. The quantitative estimate of drug-likeness (QED) is 0.390. The summed E-state index contributed by atoms with van der Waals surface area (Å²) in [6.45, 7) is 6.75. The van der Waals surface area contributed by atoms with Gasteiger partial charge in [0.2, 0.25) is 0 Å². The second kappa shape index (κ2) is 12.0. The molecule has 0 aromatic heterocycles. The molecule has 0 aliphatic rings. The van der Waals surface area contributed by atoms with E-state index in [-0.39, 0.29) is 0 Å². The molecule has 21 heavy (non-hydrogen) atoms. The van der Waals surface area contributed by atoms with Crippen molar-refractivity contribution in [2.24, 2.45) is 0 Å². The van der Waals surface area contributed by atoms with E-state index < -0.39 is 0 Å². The van der Waals surface area contributed by atoms with E-state index in [0.29, 0.717) is 0 Å². The highest BCUT2D eigenvalue weighted by molar-refractivity contribution is 8.22. The lowest BCUT2D eigenvalue weighted by molar-refractivity contribution is 0.402. The van der Waals surface area contributed by atoms with Gasteiger partial charge < -0.3 is 4.90 Å². The molecule has 0 saturated heterocycles. The molecule has 0 aliphatic heterocycles. The molecule has 0 N–H and O–H groups in total. The summed E-state index contributed by atoms with van der Waals surface area (Å²) in [5.74, 6) is 0.984. The summed E-state index contributed by atoms with van der Waals surface area (Å²) in [4.78, 5) is 2.42. The van der Waals surface area contributed by atoms with Gasteiger partial charge in [-0.25, -0.2) is 0 Å². The molecule has 0 spiro atoms. The maximum Gasteiger partial charge on any atom is 0.136 e. The standard InChI is InChI=1S/C18H29NS2/c1-3-5-10-14-19(15-11-6-4-2)18(20)21-16-17-12-8-7-9-13-17/h7-9,12-13H,3-6,10-11,14-16H2,1-2H3. The molecule has 0 unspecified atom stereocenters. The fraction of sp³-hybridized carbons (Fsp3) is 0.611. The zero-order chi connectivity index (χ0) is 15.3. The lowest BCUT2D eigenvalue weighted by Crippen LogP contribution is -2.29. The maximum absolute atomic E-state index is 5.66. The molecule has 1 aromatic carbocycles. The molecule has 3 heteroatoms. The van der Waals surface area contributed by atoms with Gasteiger partial charge in [0.1, 0.15) is 4.32 Å². The van der Waals surface area contributed by atoms with Crippen LogP contribution in [0.2, 0.25) is 0 Å². The van der Waals surface area contributed by atoms with E-state index in [9.17, 15) is 0 Å². The molecule has 1 aromatic rings. The average Bonchev–Trinajstić information content (AvgIpc) is 2.52. The van der Waals surface area contributed by atoms with Crippen molar-refractivity contribution in [3.8, 4) is 0 Å². The molecular weight excluding hydrogens is 294 g/mol. The predicted octanol–water partition coefficient (Wildman–Crippen LogP) is 5.89. The third-order valence-electron chi connectivity index (χ3n) is 3.53. The van der Waals surface area contributed by atoms with Gasteiger partial charge in [0, 0.05) is 18.8 Å². The molecule has 0 bridgehead atoms. The summed E-state index contributed by atoms with van der Waals surface area (Å²) < 4.78 is 1.08. The molecule has 0 atom stereocenters. The van der Waals surface area contributed by atoms with Crippen LogP contribution in [0.25, 0.3) is 0 Å². The van der Waals surface area contributed by atoms with Gasteiger partial charge in [-0.1, -0.05) is 93.8 Å². The molecule has 0 fully saturated rings. The van der Waals surface area contributed by atoms with Crippen molar-refractivity contribution < 1.29 is 0 Å². The molecule has 0 saturated carbocycles. The minimum atomic E-state index is 0.984. The van der Waals surface area contributed by atoms with E-state index in [1.165, 1.54) is 44.1 Å². The van der Waals surface area contributed by atoms with Crippen LogP contribution in [0.5, 0.6) is 0 Å². The number of hydrogen-bond acceptors (Lipinski definition) is 2. The fourth-order valence-corrected chi connectivity index (χ4v) is 3.42. The number of nitrogens with zero attached hydrogens (tertiary/aromatic N) is 1. The van der Waals surface area contributed by atoms with Crippen molar-refractivity contribution in [2.75, 3.05) is 13.1 Å². The van der Waals surface area contributed by atoms with E-state index in [2.05, 4.69) is 49.1 Å². The number of thiocarbonyl (C=S) groups is 1. The Morgan fingerprint density at radius 2 is 1.52 bits per heavy atom. The molecule has 1 rings (SSSR count). The van der Waals surface area contributed by atoms with Crippen LogP contribution >= 0.6 is 24.0 Å². The SMILES string of the molecule is CCCCCN(CCCCC)C(=S)SCc1ccccc1. The highest BCUT2D eigenvalue weighted by Gasteiger charge is 2.09. The second-order valence-corrected chi connectivity index (χ2v) is 7.05. The third-order valence-corrected chi connectivity index (χ3v) is 5.12. The van der Waals surface area contributed by atoms with E-state index in [0.717, 1.165) is 23.2 Å². The Morgan fingerprint density at radius 3 is 2.05 bits per heavy atom. The Balaban J connectivity index is 2.40. The normalized spacial score (nSPS) is 10.6. The van der Waals surface area contributed by atoms with Crippen molar-refractivity contribution in [3.63, 3.8) is 0 Å². The van der Waals surface area contributed by atoms with Crippen LogP contribution in [-0.2, 0) is 5.75 Å². The summed E-state index contributed by atoms with van der Waals surface area (Å²) in [7, 11) is 0. The maximum atomic E-state index is 5.66. The Bertz CT molecular complexity index is 368.